The van der Waals surface area contributed by atoms with Crippen LogP contribution in [0.3, 0.4) is 0 Å². The van der Waals surface area contributed by atoms with Crippen LogP contribution >= 0.6 is 27.7 Å². The van der Waals surface area contributed by atoms with E-state index in [1.165, 1.54) is 0 Å². The fourth-order valence-corrected chi connectivity index (χ4v) is 1.85. The predicted molar refractivity (Wildman–Crippen MR) is 65.8 cm³/mol. The highest BCUT2D eigenvalue weighted by Gasteiger charge is 2.10. The van der Waals surface area contributed by atoms with Crippen LogP contribution in [0.2, 0.25) is 0 Å². The molecule has 2 rings (SSSR count). The maximum Gasteiger partial charge on any atom is 0.314 e. The molecule has 0 aliphatic rings. The Balaban J connectivity index is 2.12. The van der Waals surface area contributed by atoms with Gasteiger partial charge in [0.1, 0.15) is 5.75 Å². The average molecular weight is 315 g/mol. The van der Waals surface area contributed by atoms with Crippen molar-refractivity contribution in [3.8, 4) is 11.5 Å². The standard InChI is InChI=1S/C10H7BrN2O3S/c11-7-3-1-6(2-4-7)9-12-13-10(16-9)17-5-8(14)15/h1-4H,5H2,(H,14,15). The van der Waals surface area contributed by atoms with Crippen LogP contribution in [0, 0.1) is 0 Å². The van der Waals surface area contributed by atoms with Gasteiger partial charge in [0.2, 0.25) is 5.89 Å². The van der Waals surface area contributed by atoms with Gasteiger partial charge in [-0.2, -0.15) is 0 Å². The summed E-state index contributed by atoms with van der Waals surface area (Å²) in [6.07, 6.45) is 0. The molecule has 2 aromatic rings. The van der Waals surface area contributed by atoms with Crippen LogP contribution in [0.5, 0.6) is 0 Å². The fourth-order valence-electron chi connectivity index (χ4n) is 1.10. The van der Waals surface area contributed by atoms with Gasteiger partial charge < -0.3 is 9.52 Å². The van der Waals surface area contributed by atoms with Gasteiger partial charge in [-0.05, 0) is 24.3 Å². The highest BCUT2D eigenvalue weighted by molar-refractivity contribution is 9.10. The first-order valence-corrected chi connectivity index (χ1v) is 6.37. The van der Waals surface area contributed by atoms with Crippen molar-refractivity contribution < 1.29 is 14.3 Å². The topological polar surface area (TPSA) is 76.2 Å². The number of hydrogen-bond acceptors (Lipinski definition) is 5. The molecular weight excluding hydrogens is 308 g/mol. The zero-order valence-electron chi connectivity index (χ0n) is 8.46. The van der Waals surface area contributed by atoms with Crippen molar-refractivity contribution in [1.82, 2.24) is 10.2 Å². The Hall–Kier alpha value is -1.34. The number of rotatable bonds is 4. The molecular formula is C10H7BrN2O3S. The summed E-state index contributed by atoms with van der Waals surface area (Å²) in [6, 6.07) is 7.40. The first-order valence-electron chi connectivity index (χ1n) is 4.59. The third-order valence-electron chi connectivity index (χ3n) is 1.82. The Kier molecular flexibility index (Phi) is 3.80. The fraction of sp³-hybridized carbons (Fsp3) is 0.100. The smallest absolute Gasteiger partial charge is 0.314 e. The Morgan fingerprint density at radius 1 is 1.35 bits per heavy atom. The first-order chi connectivity index (χ1) is 8.15. The van der Waals surface area contributed by atoms with Gasteiger partial charge in [0.25, 0.3) is 5.22 Å². The normalized spacial score (nSPS) is 10.4. The van der Waals surface area contributed by atoms with Gasteiger partial charge in [-0.3, -0.25) is 4.79 Å². The van der Waals surface area contributed by atoms with Gasteiger partial charge in [0.15, 0.2) is 0 Å². The van der Waals surface area contributed by atoms with Crippen molar-refractivity contribution in [1.29, 1.82) is 0 Å². The molecule has 0 fully saturated rings. The van der Waals surface area contributed by atoms with Gasteiger partial charge >= 0.3 is 5.97 Å². The minimum absolute atomic E-state index is 0.0953. The molecule has 1 aromatic heterocycles. The van der Waals surface area contributed by atoms with Crippen LogP contribution in [-0.4, -0.2) is 27.0 Å². The Morgan fingerprint density at radius 2 is 2.06 bits per heavy atom. The molecule has 0 radical (unpaired) electrons. The number of carboxylic acid groups (broad SMARTS) is 1. The minimum Gasteiger partial charge on any atom is -0.481 e. The van der Waals surface area contributed by atoms with Crippen LogP contribution in [0.1, 0.15) is 0 Å². The zero-order chi connectivity index (χ0) is 12.3. The number of benzene rings is 1. The lowest BCUT2D eigenvalue weighted by molar-refractivity contribution is -0.133. The molecule has 1 N–H and O–H groups in total. The first kappa shape index (κ1) is 12.1. The summed E-state index contributed by atoms with van der Waals surface area (Å²) in [4.78, 5) is 10.4. The summed E-state index contributed by atoms with van der Waals surface area (Å²) >= 11 is 4.33. The molecule has 0 aliphatic carbocycles. The van der Waals surface area contributed by atoms with E-state index >= 15 is 0 Å². The van der Waals surface area contributed by atoms with Crippen molar-refractivity contribution >= 4 is 33.7 Å². The van der Waals surface area contributed by atoms with E-state index < -0.39 is 5.97 Å². The quantitative estimate of drug-likeness (QED) is 0.874. The molecule has 7 heteroatoms. The van der Waals surface area contributed by atoms with Gasteiger partial charge in [0, 0.05) is 10.0 Å². The highest BCUT2D eigenvalue weighted by atomic mass is 79.9. The molecule has 5 nitrogen and oxygen atoms in total. The van der Waals surface area contributed by atoms with Gasteiger partial charge in [-0.15, -0.1) is 10.2 Å². The van der Waals surface area contributed by atoms with E-state index in [4.69, 9.17) is 9.52 Å². The summed E-state index contributed by atoms with van der Waals surface area (Å²) in [5, 5.41) is 16.4. The molecule has 0 saturated carbocycles. The van der Waals surface area contributed by atoms with Crippen LogP contribution in [-0.2, 0) is 4.79 Å². The Morgan fingerprint density at radius 3 is 2.71 bits per heavy atom. The minimum atomic E-state index is -0.918. The van der Waals surface area contributed by atoms with E-state index in [2.05, 4.69) is 26.1 Å². The third-order valence-corrected chi connectivity index (χ3v) is 3.15. The van der Waals surface area contributed by atoms with Crippen molar-refractivity contribution in [2.24, 2.45) is 0 Å². The Bertz CT molecular complexity index is 527. The summed E-state index contributed by atoms with van der Waals surface area (Å²) in [6.45, 7) is 0. The van der Waals surface area contributed by atoms with Crippen molar-refractivity contribution in [2.45, 2.75) is 5.22 Å². The predicted octanol–water partition coefficient (Wildman–Crippen LogP) is 2.68. The lowest BCUT2D eigenvalue weighted by Gasteiger charge is -1.94. The van der Waals surface area contributed by atoms with Crippen LogP contribution in [0.25, 0.3) is 11.5 Å². The van der Waals surface area contributed by atoms with E-state index in [1.54, 1.807) is 0 Å². The molecule has 0 bridgehead atoms. The Labute approximate surface area is 109 Å². The second kappa shape index (κ2) is 5.33. The maximum atomic E-state index is 10.4. The summed E-state index contributed by atoms with van der Waals surface area (Å²) in [5.74, 6) is -0.633. The summed E-state index contributed by atoms with van der Waals surface area (Å²) in [5.41, 5.74) is 0.794. The number of aromatic nitrogens is 2. The molecule has 1 aromatic carbocycles. The van der Waals surface area contributed by atoms with Crippen LogP contribution < -0.4 is 0 Å². The van der Waals surface area contributed by atoms with E-state index in [0.29, 0.717) is 5.89 Å². The lowest BCUT2D eigenvalue weighted by Crippen LogP contribution is -1.97. The summed E-state index contributed by atoms with van der Waals surface area (Å²) in [7, 11) is 0. The molecule has 0 amide bonds. The van der Waals surface area contributed by atoms with E-state index in [0.717, 1.165) is 21.8 Å². The molecule has 0 saturated heterocycles. The van der Waals surface area contributed by atoms with Crippen molar-refractivity contribution in [3.05, 3.63) is 28.7 Å². The molecule has 0 spiro atoms. The monoisotopic (exact) mass is 314 g/mol. The lowest BCUT2D eigenvalue weighted by atomic mass is 10.2. The van der Waals surface area contributed by atoms with E-state index in [1.807, 2.05) is 24.3 Å². The van der Waals surface area contributed by atoms with Gasteiger partial charge in [-0.1, -0.05) is 27.7 Å². The van der Waals surface area contributed by atoms with E-state index in [-0.39, 0.29) is 11.0 Å². The van der Waals surface area contributed by atoms with Gasteiger partial charge in [-0.25, -0.2) is 0 Å². The number of thioether (sulfide) groups is 1. The van der Waals surface area contributed by atoms with Crippen molar-refractivity contribution in [2.75, 3.05) is 5.75 Å². The van der Waals surface area contributed by atoms with E-state index in [9.17, 15) is 4.79 Å². The number of aliphatic carboxylic acids is 1. The van der Waals surface area contributed by atoms with Crippen molar-refractivity contribution in [3.63, 3.8) is 0 Å². The molecule has 88 valence electrons. The van der Waals surface area contributed by atoms with Crippen LogP contribution in [0.15, 0.2) is 38.4 Å². The summed E-state index contributed by atoms with van der Waals surface area (Å²) < 4.78 is 6.28. The van der Waals surface area contributed by atoms with Gasteiger partial charge in [0.05, 0.1) is 0 Å². The maximum absolute atomic E-state index is 10.4. The zero-order valence-corrected chi connectivity index (χ0v) is 10.9. The number of carbonyl (C=O) groups is 1. The number of halogens is 1. The second-order valence-corrected chi connectivity index (χ2v) is 4.90. The number of carboxylic acids is 1. The SMILES string of the molecule is O=C(O)CSc1nnc(-c2ccc(Br)cc2)o1. The molecule has 0 aliphatic heterocycles. The third kappa shape index (κ3) is 3.31. The van der Waals surface area contributed by atoms with Crippen LogP contribution in [0.4, 0.5) is 0 Å². The highest BCUT2D eigenvalue weighted by Crippen LogP contribution is 2.24. The number of hydrogen-bond donors (Lipinski definition) is 1. The number of nitrogens with zero attached hydrogens (tertiary/aromatic N) is 2. The molecule has 17 heavy (non-hydrogen) atoms. The average Bonchev–Trinajstić information content (AvgIpc) is 2.76. The largest absolute Gasteiger partial charge is 0.481 e. The molecule has 0 unspecified atom stereocenters. The second-order valence-electron chi connectivity index (χ2n) is 3.06. The molecule has 0 atom stereocenters. The molecule has 1 heterocycles.